The van der Waals surface area contributed by atoms with E-state index in [9.17, 15) is 14.0 Å². The van der Waals surface area contributed by atoms with Crippen molar-refractivity contribution >= 4 is 35.1 Å². The zero-order valence-electron chi connectivity index (χ0n) is 17.9. The third-order valence-electron chi connectivity index (χ3n) is 5.17. The lowest BCUT2D eigenvalue weighted by Gasteiger charge is -2.26. The highest BCUT2D eigenvalue weighted by Gasteiger charge is 2.32. The third kappa shape index (κ3) is 4.64. The van der Waals surface area contributed by atoms with Crippen molar-refractivity contribution in [2.24, 2.45) is 0 Å². The Labute approximate surface area is 195 Å². The summed E-state index contributed by atoms with van der Waals surface area (Å²) in [6, 6.07) is 12.8. The maximum Gasteiger partial charge on any atom is 0.262 e. The number of ether oxygens (including phenoxy) is 1. The van der Waals surface area contributed by atoms with Gasteiger partial charge in [-0.1, -0.05) is 29.5 Å². The number of rotatable bonds is 3. The molecule has 1 aliphatic rings. The summed E-state index contributed by atoms with van der Waals surface area (Å²) in [5, 5.41) is -0.0850. The summed E-state index contributed by atoms with van der Waals surface area (Å²) in [6.45, 7) is 0. The van der Waals surface area contributed by atoms with Crippen molar-refractivity contribution in [1.29, 1.82) is 0 Å². The molecule has 164 valence electrons. The number of carbonyl (C=O) groups excluding carboxylic acids is 2. The Balaban J connectivity index is 1.64. The predicted molar refractivity (Wildman–Crippen MR) is 125 cm³/mol. The van der Waals surface area contributed by atoms with Crippen molar-refractivity contribution in [2.45, 2.75) is 6.42 Å². The molecule has 0 N–H and O–H groups in total. The van der Waals surface area contributed by atoms with Gasteiger partial charge in [-0.05, 0) is 53.6 Å². The number of Topliss-reactive ketones (excluding diaryl/α,β-unsaturated/α-hetero) is 1. The quantitative estimate of drug-likeness (QED) is 0.322. The molecular weight excluding hydrogens is 443 g/mol. The van der Waals surface area contributed by atoms with E-state index >= 15 is 0 Å². The number of amides is 1. The van der Waals surface area contributed by atoms with Gasteiger partial charge in [-0.25, -0.2) is 9.37 Å². The molecule has 2 heterocycles. The fraction of sp³-hybridized carbons (Fsp3) is 0.115. The van der Waals surface area contributed by atoms with Crippen LogP contribution in [0.2, 0.25) is 5.02 Å². The summed E-state index contributed by atoms with van der Waals surface area (Å²) in [5.41, 5.74) is 2.91. The van der Waals surface area contributed by atoms with Crippen LogP contribution in [0.15, 0.2) is 60.3 Å². The summed E-state index contributed by atoms with van der Waals surface area (Å²) in [4.78, 5) is 31.4. The highest BCUT2D eigenvalue weighted by Crippen LogP contribution is 2.31. The zero-order chi connectivity index (χ0) is 23.5. The number of anilines is 1. The normalized spacial score (nSPS) is 14.1. The number of ketones is 1. The van der Waals surface area contributed by atoms with Crippen molar-refractivity contribution in [2.75, 3.05) is 19.1 Å². The molecule has 4 rings (SSSR count). The van der Waals surface area contributed by atoms with Crippen LogP contribution < -0.4 is 9.64 Å². The van der Waals surface area contributed by atoms with E-state index in [1.54, 1.807) is 38.6 Å². The van der Waals surface area contributed by atoms with Gasteiger partial charge in [0, 0.05) is 36.9 Å². The SMILES string of the molecule is COc1cc(CC#Cc2ccc3c(c2)C(=O)/C(=C/c2ccc(F)c(Cl)c2)C(=O)N3C)ccn1. The molecule has 0 bridgehead atoms. The highest BCUT2D eigenvalue weighted by atomic mass is 35.5. The molecule has 3 aromatic rings. The highest BCUT2D eigenvalue weighted by molar-refractivity contribution is 6.36. The van der Waals surface area contributed by atoms with Gasteiger partial charge in [-0.2, -0.15) is 0 Å². The predicted octanol–water partition coefficient (Wildman–Crippen LogP) is 4.72. The number of aromatic nitrogens is 1. The number of nitrogens with zero attached hydrogens (tertiary/aromatic N) is 2. The van der Waals surface area contributed by atoms with Gasteiger partial charge in [-0.15, -0.1) is 0 Å². The van der Waals surface area contributed by atoms with Gasteiger partial charge in [0.05, 0.1) is 23.4 Å². The molecular formula is C26H18ClFN2O3. The van der Waals surface area contributed by atoms with Crippen molar-refractivity contribution in [1.82, 2.24) is 4.98 Å². The molecule has 1 aromatic heterocycles. The number of benzene rings is 2. The smallest absolute Gasteiger partial charge is 0.262 e. The summed E-state index contributed by atoms with van der Waals surface area (Å²) in [5.74, 6) is 5.22. The number of carbonyl (C=O) groups is 2. The number of hydrogen-bond donors (Lipinski definition) is 0. The van der Waals surface area contributed by atoms with Crippen LogP contribution in [-0.4, -0.2) is 30.8 Å². The van der Waals surface area contributed by atoms with Gasteiger partial charge in [0.2, 0.25) is 11.7 Å². The van der Waals surface area contributed by atoms with E-state index in [0.29, 0.717) is 34.7 Å². The molecule has 0 fully saturated rings. The minimum absolute atomic E-state index is 0.0262. The summed E-state index contributed by atoms with van der Waals surface area (Å²) in [7, 11) is 3.15. The van der Waals surface area contributed by atoms with Gasteiger partial charge in [-0.3, -0.25) is 9.59 Å². The Morgan fingerprint density at radius 1 is 1.15 bits per heavy atom. The second kappa shape index (κ2) is 9.27. The largest absolute Gasteiger partial charge is 0.481 e. The number of halogens is 2. The van der Waals surface area contributed by atoms with Gasteiger partial charge < -0.3 is 9.64 Å². The lowest BCUT2D eigenvalue weighted by molar-refractivity contribution is -0.114. The van der Waals surface area contributed by atoms with Crippen LogP contribution in [-0.2, 0) is 11.2 Å². The first kappa shape index (κ1) is 22.3. The monoisotopic (exact) mass is 460 g/mol. The molecule has 0 atom stereocenters. The molecule has 0 unspecified atom stereocenters. The fourth-order valence-electron chi connectivity index (χ4n) is 3.44. The first-order chi connectivity index (χ1) is 15.9. The van der Waals surface area contributed by atoms with E-state index in [1.807, 2.05) is 12.1 Å². The molecule has 7 heteroatoms. The van der Waals surface area contributed by atoms with E-state index in [4.69, 9.17) is 16.3 Å². The molecule has 33 heavy (non-hydrogen) atoms. The first-order valence-corrected chi connectivity index (χ1v) is 10.4. The first-order valence-electron chi connectivity index (χ1n) is 9.98. The molecule has 1 amide bonds. The Bertz CT molecular complexity index is 1370. The molecule has 1 aliphatic heterocycles. The number of hydrogen-bond acceptors (Lipinski definition) is 4. The minimum atomic E-state index is -0.573. The van der Waals surface area contributed by atoms with E-state index in [1.165, 1.54) is 29.2 Å². The van der Waals surface area contributed by atoms with E-state index in [-0.39, 0.29) is 10.6 Å². The fourth-order valence-corrected chi connectivity index (χ4v) is 3.63. The van der Waals surface area contributed by atoms with E-state index in [0.717, 1.165) is 5.56 Å². The van der Waals surface area contributed by atoms with Gasteiger partial charge >= 0.3 is 0 Å². The van der Waals surface area contributed by atoms with Gasteiger partial charge in [0.1, 0.15) is 5.82 Å². The van der Waals surface area contributed by atoms with Crippen molar-refractivity contribution < 1.29 is 18.7 Å². The number of pyridine rings is 1. The van der Waals surface area contributed by atoms with E-state index < -0.39 is 17.5 Å². The molecule has 0 aliphatic carbocycles. The molecule has 2 aromatic carbocycles. The summed E-state index contributed by atoms with van der Waals surface area (Å²) >= 11 is 5.83. The van der Waals surface area contributed by atoms with Crippen molar-refractivity contribution in [3.63, 3.8) is 0 Å². The Morgan fingerprint density at radius 2 is 1.97 bits per heavy atom. The second-order valence-corrected chi connectivity index (χ2v) is 7.75. The number of likely N-dealkylation sites (N-methyl/N-ethyl adjacent to an activating group) is 1. The molecule has 0 radical (unpaired) electrons. The number of methoxy groups -OCH3 is 1. The van der Waals surface area contributed by atoms with Crippen LogP contribution in [0.4, 0.5) is 10.1 Å². The third-order valence-corrected chi connectivity index (χ3v) is 5.46. The molecule has 0 saturated carbocycles. The summed E-state index contributed by atoms with van der Waals surface area (Å²) < 4.78 is 18.6. The van der Waals surface area contributed by atoms with Crippen LogP contribution in [0.1, 0.15) is 27.0 Å². The van der Waals surface area contributed by atoms with Gasteiger partial charge in [0.15, 0.2) is 0 Å². The van der Waals surface area contributed by atoms with E-state index in [2.05, 4.69) is 16.8 Å². The van der Waals surface area contributed by atoms with Crippen LogP contribution in [0, 0.1) is 17.7 Å². The maximum absolute atomic E-state index is 13.5. The Hall–Kier alpha value is -3.95. The lowest BCUT2D eigenvalue weighted by atomic mass is 9.92. The average Bonchev–Trinajstić information content (AvgIpc) is 2.82. The van der Waals surface area contributed by atoms with Crippen molar-refractivity contribution in [3.8, 4) is 17.7 Å². The average molecular weight is 461 g/mol. The topological polar surface area (TPSA) is 59.5 Å². The van der Waals surface area contributed by atoms with Crippen LogP contribution >= 0.6 is 11.6 Å². The van der Waals surface area contributed by atoms with Crippen LogP contribution in [0.25, 0.3) is 6.08 Å². The Morgan fingerprint density at radius 3 is 2.73 bits per heavy atom. The van der Waals surface area contributed by atoms with Crippen LogP contribution in [0.3, 0.4) is 0 Å². The summed E-state index contributed by atoms with van der Waals surface area (Å²) in [6.07, 6.45) is 3.56. The van der Waals surface area contributed by atoms with Gasteiger partial charge in [0.25, 0.3) is 5.91 Å². The minimum Gasteiger partial charge on any atom is -0.481 e. The number of fused-ring (bicyclic) bond motifs is 1. The second-order valence-electron chi connectivity index (χ2n) is 7.34. The molecule has 0 spiro atoms. The van der Waals surface area contributed by atoms with Crippen molar-refractivity contribution in [3.05, 3.63) is 93.4 Å². The van der Waals surface area contributed by atoms with Crippen LogP contribution in [0.5, 0.6) is 5.88 Å². The maximum atomic E-state index is 13.5. The zero-order valence-corrected chi connectivity index (χ0v) is 18.6. The lowest BCUT2D eigenvalue weighted by Crippen LogP contribution is -2.36. The standard InChI is InChI=1S/C26H18ClFN2O3/c1-30-23-9-7-16(4-3-5-17-10-11-29-24(15-17)33-2)12-19(23)25(31)20(26(30)32)13-18-6-8-22(28)21(27)14-18/h6-15H,5H2,1-2H3/b20-13-. The molecule has 0 saturated heterocycles. The Kier molecular flexibility index (Phi) is 6.25. The molecule has 5 nitrogen and oxygen atoms in total.